The fraction of sp³-hybridized carbons (Fsp3) is 0.350. The molecule has 0 spiro atoms. The molecule has 0 bridgehead atoms. The predicted molar refractivity (Wildman–Crippen MR) is 106 cm³/mol. The minimum Gasteiger partial charge on any atom is -0.493 e. The van der Waals surface area contributed by atoms with Gasteiger partial charge in [-0.3, -0.25) is 4.79 Å². The summed E-state index contributed by atoms with van der Waals surface area (Å²) in [5.41, 5.74) is 3.61. The summed E-state index contributed by atoms with van der Waals surface area (Å²) >= 11 is 0. The van der Waals surface area contributed by atoms with E-state index in [1.54, 1.807) is 38.5 Å². The van der Waals surface area contributed by atoms with Crippen LogP contribution < -0.4 is 19.5 Å². The van der Waals surface area contributed by atoms with E-state index in [0.717, 1.165) is 22.5 Å². The molecule has 0 saturated heterocycles. The summed E-state index contributed by atoms with van der Waals surface area (Å²) in [5, 5.41) is 7.48. The molecule has 4 rings (SSSR count). The number of carbonyl (C=O) groups excluding carboxylic acids is 1. The van der Waals surface area contributed by atoms with Gasteiger partial charge >= 0.3 is 0 Å². The zero-order valence-corrected chi connectivity index (χ0v) is 16.8. The van der Waals surface area contributed by atoms with Gasteiger partial charge in [-0.2, -0.15) is 5.10 Å². The van der Waals surface area contributed by atoms with Crippen molar-refractivity contribution in [1.82, 2.24) is 19.7 Å². The molecule has 0 fully saturated rings. The molecule has 0 saturated carbocycles. The number of ether oxygens (including phenoxy) is 3. The average molecular weight is 397 g/mol. The van der Waals surface area contributed by atoms with Crippen molar-refractivity contribution in [2.45, 2.75) is 25.8 Å². The Hall–Kier alpha value is -3.49. The number of fused-ring (bicyclic) bond motifs is 1. The number of H-pyrrole nitrogens is 1. The van der Waals surface area contributed by atoms with Crippen LogP contribution in [0.4, 0.5) is 5.82 Å². The molecule has 2 aromatic heterocycles. The van der Waals surface area contributed by atoms with Crippen molar-refractivity contribution in [2.75, 3.05) is 26.6 Å². The van der Waals surface area contributed by atoms with Crippen molar-refractivity contribution in [3.05, 3.63) is 47.2 Å². The lowest BCUT2D eigenvalue weighted by molar-refractivity contribution is -0.116. The molecular weight excluding hydrogens is 374 g/mol. The summed E-state index contributed by atoms with van der Waals surface area (Å²) < 4.78 is 18.1. The Labute approximate surface area is 168 Å². The van der Waals surface area contributed by atoms with E-state index in [0.29, 0.717) is 36.0 Å². The quantitative estimate of drug-likeness (QED) is 0.662. The highest BCUT2D eigenvalue weighted by atomic mass is 16.5. The number of aryl methyl sites for hydroxylation is 1. The molecule has 1 aliphatic rings. The summed E-state index contributed by atoms with van der Waals surface area (Å²) in [6.07, 6.45) is 3.78. The molecule has 0 radical (unpaired) electrons. The third-order valence-electron chi connectivity index (χ3n) is 5.20. The zero-order valence-electron chi connectivity index (χ0n) is 16.8. The first-order valence-electron chi connectivity index (χ1n) is 9.20. The minimum atomic E-state index is -0.133. The van der Waals surface area contributed by atoms with Crippen LogP contribution in [-0.2, 0) is 11.3 Å². The summed E-state index contributed by atoms with van der Waals surface area (Å²) in [7, 11) is 4.72. The number of hydrogen-bond donors (Lipinski definition) is 2. The molecule has 3 aromatic rings. The van der Waals surface area contributed by atoms with E-state index >= 15 is 0 Å². The molecule has 1 aromatic carbocycles. The van der Waals surface area contributed by atoms with Gasteiger partial charge in [0.25, 0.3) is 0 Å². The van der Waals surface area contributed by atoms with Crippen molar-refractivity contribution >= 4 is 11.7 Å². The Bertz CT molecular complexity index is 1060. The SMILES string of the molecule is COc1ccc(Cn2ncc3c2NC(=O)CC3c2nc[nH]c2C)c(OC)c1OC. The van der Waals surface area contributed by atoms with Crippen molar-refractivity contribution < 1.29 is 19.0 Å². The Kier molecular flexibility index (Phi) is 4.87. The maximum atomic E-state index is 12.4. The van der Waals surface area contributed by atoms with E-state index in [9.17, 15) is 4.79 Å². The van der Waals surface area contributed by atoms with Gasteiger partial charge in [0.15, 0.2) is 11.5 Å². The van der Waals surface area contributed by atoms with Crippen LogP contribution in [0.2, 0.25) is 0 Å². The van der Waals surface area contributed by atoms with Crippen LogP contribution in [0, 0.1) is 6.92 Å². The van der Waals surface area contributed by atoms with Gasteiger partial charge in [0.2, 0.25) is 11.7 Å². The van der Waals surface area contributed by atoms with Crippen molar-refractivity contribution in [2.24, 2.45) is 0 Å². The molecule has 1 atom stereocenters. The summed E-state index contributed by atoms with van der Waals surface area (Å²) in [6.45, 7) is 2.35. The fourth-order valence-corrected chi connectivity index (χ4v) is 3.80. The molecule has 1 amide bonds. The van der Waals surface area contributed by atoms with Crippen LogP contribution >= 0.6 is 0 Å². The number of amides is 1. The maximum absolute atomic E-state index is 12.4. The second-order valence-electron chi connectivity index (χ2n) is 6.82. The number of aromatic nitrogens is 4. The average Bonchev–Trinajstić information content (AvgIpc) is 3.33. The minimum absolute atomic E-state index is 0.0640. The highest BCUT2D eigenvalue weighted by Crippen LogP contribution is 2.41. The summed E-state index contributed by atoms with van der Waals surface area (Å²) in [4.78, 5) is 19.9. The lowest BCUT2D eigenvalue weighted by Crippen LogP contribution is -2.25. The normalized spacial score (nSPS) is 15.6. The molecule has 9 nitrogen and oxygen atoms in total. The molecule has 2 N–H and O–H groups in total. The third-order valence-corrected chi connectivity index (χ3v) is 5.20. The Morgan fingerprint density at radius 1 is 1.17 bits per heavy atom. The molecule has 9 heteroatoms. The number of nitrogens with zero attached hydrogens (tertiary/aromatic N) is 3. The molecule has 3 heterocycles. The Balaban J connectivity index is 1.73. The number of imidazole rings is 1. The first kappa shape index (κ1) is 18.9. The number of methoxy groups -OCH3 is 3. The monoisotopic (exact) mass is 397 g/mol. The van der Waals surface area contributed by atoms with Gasteiger partial charge < -0.3 is 24.5 Å². The number of anilines is 1. The van der Waals surface area contributed by atoms with E-state index in [1.165, 1.54) is 0 Å². The molecular formula is C20H23N5O4. The highest BCUT2D eigenvalue weighted by Gasteiger charge is 2.32. The van der Waals surface area contributed by atoms with Crippen LogP contribution in [-0.4, -0.2) is 47.0 Å². The van der Waals surface area contributed by atoms with E-state index in [1.807, 2.05) is 19.1 Å². The fourth-order valence-electron chi connectivity index (χ4n) is 3.80. The molecule has 0 aliphatic carbocycles. The van der Waals surface area contributed by atoms with Crippen molar-refractivity contribution in [3.8, 4) is 17.2 Å². The zero-order chi connectivity index (χ0) is 20.5. The van der Waals surface area contributed by atoms with E-state index in [4.69, 9.17) is 14.2 Å². The van der Waals surface area contributed by atoms with Gasteiger partial charge in [0, 0.05) is 29.2 Å². The maximum Gasteiger partial charge on any atom is 0.226 e. The molecule has 1 aliphatic heterocycles. The second-order valence-corrected chi connectivity index (χ2v) is 6.82. The van der Waals surface area contributed by atoms with Crippen LogP contribution in [0.1, 0.15) is 34.9 Å². The number of benzene rings is 1. The predicted octanol–water partition coefficient (Wildman–Crippen LogP) is 2.46. The van der Waals surface area contributed by atoms with Crippen LogP contribution in [0.25, 0.3) is 0 Å². The first-order valence-corrected chi connectivity index (χ1v) is 9.20. The van der Waals surface area contributed by atoms with E-state index in [-0.39, 0.29) is 11.8 Å². The Morgan fingerprint density at radius 3 is 2.62 bits per heavy atom. The Morgan fingerprint density at radius 2 is 1.97 bits per heavy atom. The second kappa shape index (κ2) is 7.50. The van der Waals surface area contributed by atoms with E-state index in [2.05, 4.69) is 20.4 Å². The topological polar surface area (TPSA) is 103 Å². The number of aromatic amines is 1. The lowest BCUT2D eigenvalue weighted by atomic mass is 9.90. The van der Waals surface area contributed by atoms with Crippen molar-refractivity contribution in [3.63, 3.8) is 0 Å². The molecule has 1 unspecified atom stereocenters. The first-order chi connectivity index (χ1) is 14.1. The van der Waals surface area contributed by atoms with Crippen LogP contribution in [0.5, 0.6) is 17.2 Å². The molecule has 152 valence electrons. The highest BCUT2D eigenvalue weighted by molar-refractivity contribution is 5.94. The summed E-state index contributed by atoms with van der Waals surface area (Å²) in [6, 6.07) is 3.72. The number of nitrogens with one attached hydrogen (secondary N) is 2. The standard InChI is InChI=1S/C20H23N5O4/c1-11-17(22-10-21-11)13-7-16(26)24-20-14(13)8-23-25(20)9-12-5-6-15(27-2)19(29-4)18(12)28-3/h5-6,8,10,13H,7,9H2,1-4H3,(H,21,22)(H,24,26). The van der Waals surface area contributed by atoms with Gasteiger partial charge in [-0.15, -0.1) is 0 Å². The third kappa shape index (κ3) is 3.18. The summed E-state index contributed by atoms with van der Waals surface area (Å²) in [5.74, 6) is 2.14. The van der Waals surface area contributed by atoms with Gasteiger partial charge in [-0.1, -0.05) is 0 Å². The van der Waals surface area contributed by atoms with Gasteiger partial charge in [-0.05, 0) is 19.1 Å². The van der Waals surface area contributed by atoms with Gasteiger partial charge in [-0.25, -0.2) is 9.67 Å². The van der Waals surface area contributed by atoms with Gasteiger partial charge in [0.05, 0.1) is 46.1 Å². The molecule has 29 heavy (non-hydrogen) atoms. The number of hydrogen-bond acceptors (Lipinski definition) is 6. The smallest absolute Gasteiger partial charge is 0.226 e. The van der Waals surface area contributed by atoms with E-state index < -0.39 is 0 Å². The largest absolute Gasteiger partial charge is 0.493 e. The van der Waals surface area contributed by atoms with Crippen LogP contribution in [0.3, 0.4) is 0 Å². The lowest BCUT2D eigenvalue weighted by Gasteiger charge is -2.23. The number of rotatable bonds is 6. The number of carbonyl (C=O) groups is 1. The van der Waals surface area contributed by atoms with Crippen molar-refractivity contribution in [1.29, 1.82) is 0 Å². The van der Waals surface area contributed by atoms with Gasteiger partial charge in [0.1, 0.15) is 5.82 Å². The van der Waals surface area contributed by atoms with Crippen LogP contribution in [0.15, 0.2) is 24.7 Å².